The van der Waals surface area contributed by atoms with Crippen molar-refractivity contribution in [2.24, 2.45) is 0 Å². The average Bonchev–Trinajstić information content (AvgIpc) is 3.17. The lowest BCUT2D eigenvalue weighted by molar-refractivity contribution is 0.173. The summed E-state index contributed by atoms with van der Waals surface area (Å²) in [6.07, 6.45) is 0. The highest BCUT2D eigenvalue weighted by Gasteiger charge is 2.27. The second kappa shape index (κ2) is 6.08. The van der Waals surface area contributed by atoms with E-state index in [-0.39, 0.29) is 6.04 Å². The standard InChI is InChI=1S/C16H17ClN2O2S/c17-15-4-3-14(22-15)16(19-7-5-18-6-8-19)11-1-2-12-13(9-11)21-10-20-12/h1-4,9,16,18H,5-8,10H2. The zero-order valence-corrected chi connectivity index (χ0v) is 13.6. The molecular formula is C16H17ClN2O2S. The van der Waals surface area contributed by atoms with E-state index in [0.717, 1.165) is 42.0 Å². The van der Waals surface area contributed by atoms with Gasteiger partial charge in [-0.05, 0) is 29.8 Å². The van der Waals surface area contributed by atoms with Gasteiger partial charge in [0.1, 0.15) is 0 Å². The molecule has 1 aromatic heterocycles. The van der Waals surface area contributed by atoms with E-state index < -0.39 is 0 Å². The van der Waals surface area contributed by atoms with Crippen molar-refractivity contribution in [1.82, 2.24) is 10.2 Å². The normalized spacial score (nSPS) is 19.3. The van der Waals surface area contributed by atoms with Gasteiger partial charge in [0.15, 0.2) is 11.5 Å². The number of hydrogen-bond donors (Lipinski definition) is 1. The summed E-state index contributed by atoms with van der Waals surface area (Å²) in [5.41, 5.74) is 1.23. The second-order valence-electron chi connectivity index (χ2n) is 5.44. The molecule has 0 amide bonds. The summed E-state index contributed by atoms with van der Waals surface area (Å²) in [7, 11) is 0. The molecular weight excluding hydrogens is 320 g/mol. The molecule has 1 N–H and O–H groups in total. The average molecular weight is 337 g/mol. The number of fused-ring (bicyclic) bond motifs is 1. The lowest BCUT2D eigenvalue weighted by Crippen LogP contribution is -2.45. The molecule has 1 unspecified atom stereocenters. The zero-order valence-electron chi connectivity index (χ0n) is 12.0. The van der Waals surface area contributed by atoms with Gasteiger partial charge in [-0.15, -0.1) is 11.3 Å². The first-order chi connectivity index (χ1) is 10.8. The number of nitrogens with one attached hydrogen (secondary N) is 1. The van der Waals surface area contributed by atoms with Crippen molar-refractivity contribution in [2.75, 3.05) is 33.0 Å². The van der Waals surface area contributed by atoms with Crippen LogP contribution in [0.2, 0.25) is 4.34 Å². The Kier molecular flexibility index (Phi) is 3.96. The first kappa shape index (κ1) is 14.3. The van der Waals surface area contributed by atoms with Crippen LogP contribution in [0, 0.1) is 0 Å². The third-order valence-corrected chi connectivity index (χ3v) is 5.38. The fraction of sp³-hybridized carbons (Fsp3) is 0.375. The highest BCUT2D eigenvalue weighted by Crippen LogP contribution is 2.40. The minimum absolute atomic E-state index is 0.217. The Bertz CT molecular complexity index is 670. The molecule has 0 saturated carbocycles. The van der Waals surface area contributed by atoms with Crippen LogP contribution in [0.25, 0.3) is 0 Å². The minimum Gasteiger partial charge on any atom is -0.454 e. The Hall–Kier alpha value is -1.27. The van der Waals surface area contributed by atoms with Gasteiger partial charge in [0.2, 0.25) is 6.79 Å². The Morgan fingerprint density at radius 1 is 1.09 bits per heavy atom. The number of piperazine rings is 1. The molecule has 2 aromatic rings. The molecule has 22 heavy (non-hydrogen) atoms. The Balaban J connectivity index is 1.72. The third-order valence-electron chi connectivity index (χ3n) is 4.09. The Morgan fingerprint density at radius 3 is 2.68 bits per heavy atom. The molecule has 6 heteroatoms. The van der Waals surface area contributed by atoms with Crippen molar-refractivity contribution in [2.45, 2.75) is 6.04 Å². The molecule has 1 aromatic carbocycles. The highest BCUT2D eigenvalue weighted by molar-refractivity contribution is 7.16. The largest absolute Gasteiger partial charge is 0.454 e. The summed E-state index contributed by atoms with van der Waals surface area (Å²) in [6, 6.07) is 10.6. The van der Waals surface area contributed by atoms with E-state index in [0.29, 0.717) is 6.79 Å². The van der Waals surface area contributed by atoms with Crippen molar-refractivity contribution in [3.8, 4) is 11.5 Å². The molecule has 0 aliphatic carbocycles. The highest BCUT2D eigenvalue weighted by atomic mass is 35.5. The number of ether oxygens (including phenoxy) is 2. The van der Waals surface area contributed by atoms with Gasteiger partial charge in [-0.25, -0.2) is 0 Å². The molecule has 2 aliphatic rings. The van der Waals surface area contributed by atoms with Gasteiger partial charge in [0.05, 0.1) is 10.4 Å². The Labute approximate surface area is 138 Å². The third kappa shape index (κ3) is 2.70. The predicted octanol–water partition coefficient (Wildman–Crippen LogP) is 3.12. The summed E-state index contributed by atoms with van der Waals surface area (Å²) in [5, 5.41) is 3.41. The van der Waals surface area contributed by atoms with E-state index in [9.17, 15) is 0 Å². The van der Waals surface area contributed by atoms with E-state index >= 15 is 0 Å². The molecule has 0 bridgehead atoms. The van der Waals surface area contributed by atoms with Gasteiger partial charge >= 0.3 is 0 Å². The van der Waals surface area contributed by atoms with Crippen LogP contribution < -0.4 is 14.8 Å². The fourth-order valence-corrected chi connectivity index (χ4v) is 4.28. The van der Waals surface area contributed by atoms with Crippen LogP contribution in [-0.2, 0) is 0 Å². The van der Waals surface area contributed by atoms with E-state index in [1.54, 1.807) is 11.3 Å². The molecule has 116 valence electrons. The van der Waals surface area contributed by atoms with Gasteiger partial charge < -0.3 is 14.8 Å². The van der Waals surface area contributed by atoms with Crippen LogP contribution in [0.5, 0.6) is 11.5 Å². The number of hydrogen-bond acceptors (Lipinski definition) is 5. The molecule has 1 saturated heterocycles. The number of benzene rings is 1. The smallest absolute Gasteiger partial charge is 0.231 e. The summed E-state index contributed by atoms with van der Waals surface area (Å²) in [5.74, 6) is 1.66. The first-order valence-electron chi connectivity index (χ1n) is 7.41. The molecule has 0 radical (unpaired) electrons. The van der Waals surface area contributed by atoms with Crippen LogP contribution in [0.1, 0.15) is 16.5 Å². The van der Waals surface area contributed by atoms with Gasteiger partial charge in [-0.2, -0.15) is 0 Å². The van der Waals surface area contributed by atoms with Crippen molar-refractivity contribution in [3.63, 3.8) is 0 Å². The maximum Gasteiger partial charge on any atom is 0.231 e. The van der Waals surface area contributed by atoms with Gasteiger partial charge in [-0.1, -0.05) is 17.7 Å². The quantitative estimate of drug-likeness (QED) is 0.933. The molecule has 0 spiro atoms. The first-order valence-corrected chi connectivity index (χ1v) is 8.60. The summed E-state index contributed by atoms with van der Waals surface area (Å²) < 4.78 is 11.8. The topological polar surface area (TPSA) is 33.7 Å². The van der Waals surface area contributed by atoms with Crippen LogP contribution >= 0.6 is 22.9 Å². The molecule has 1 atom stereocenters. The van der Waals surface area contributed by atoms with E-state index in [2.05, 4.69) is 28.4 Å². The molecule has 3 heterocycles. The number of halogens is 1. The van der Waals surface area contributed by atoms with Gasteiger partial charge in [0.25, 0.3) is 0 Å². The summed E-state index contributed by atoms with van der Waals surface area (Å²) in [4.78, 5) is 3.77. The van der Waals surface area contributed by atoms with Crippen molar-refractivity contribution < 1.29 is 9.47 Å². The zero-order chi connectivity index (χ0) is 14.9. The lowest BCUT2D eigenvalue weighted by atomic mass is 10.0. The summed E-state index contributed by atoms with van der Waals surface area (Å²) in [6.45, 7) is 4.38. The van der Waals surface area contributed by atoms with Crippen LogP contribution in [0.4, 0.5) is 0 Å². The molecule has 4 nitrogen and oxygen atoms in total. The monoisotopic (exact) mass is 336 g/mol. The predicted molar refractivity (Wildman–Crippen MR) is 88.2 cm³/mol. The molecule has 4 rings (SSSR count). The van der Waals surface area contributed by atoms with Crippen LogP contribution in [-0.4, -0.2) is 37.9 Å². The SMILES string of the molecule is Clc1ccc(C(c2ccc3c(c2)OCO3)N2CCNCC2)s1. The number of rotatable bonds is 3. The van der Waals surface area contributed by atoms with Crippen molar-refractivity contribution in [1.29, 1.82) is 0 Å². The lowest BCUT2D eigenvalue weighted by Gasteiger charge is -2.34. The second-order valence-corrected chi connectivity index (χ2v) is 7.19. The molecule has 2 aliphatic heterocycles. The van der Waals surface area contributed by atoms with E-state index in [1.165, 1.54) is 10.4 Å². The van der Waals surface area contributed by atoms with E-state index in [4.69, 9.17) is 21.1 Å². The van der Waals surface area contributed by atoms with Crippen molar-refractivity contribution >= 4 is 22.9 Å². The van der Waals surface area contributed by atoms with Crippen LogP contribution in [0.3, 0.4) is 0 Å². The van der Waals surface area contributed by atoms with Gasteiger partial charge in [0, 0.05) is 31.1 Å². The minimum atomic E-state index is 0.217. The number of nitrogens with zero attached hydrogens (tertiary/aromatic N) is 1. The fourth-order valence-electron chi connectivity index (χ4n) is 3.05. The van der Waals surface area contributed by atoms with Crippen LogP contribution in [0.15, 0.2) is 30.3 Å². The maximum absolute atomic E-state index is 6.17. The maximum atomic E-state index is 6.17. The summed E-state index contributed by atoms with van der Waals surface area (Å²) >= 11 is 7.82. The Morgan fingerprint density at radius 2 is 1.91 bits per heavy atom. The number of thiophene rings is 1. The van der Waals surface area contributed by atoms with E-state index in [1.807, 2.05) is 12.1 Å². The van der Waals surface area contributed by atoms with Gasteiger partial charge in [-0.3, -0.25) is 4.90 Å². The molecule has 1 fully saturated rings. The van der Waals surface area contributed by atoms with Crippen molar-refractivity contribution in [3.05, 3.63) is 45.1 Å².